The van der Waals surface area contributed by atoms with Crippen LogP contribution in [0.15, 0.2) is 54.6 Å². The van der Waals surface area contributed by atoms with Crippen LogP contribution in [-0.2, 0) is 16.0 Å². The smallest absolute Gasteiger partial charge is 0.308 e. The fourth-order valence-electron chi connectivity index (χ4n) is 3.03. The number of aliphatic carboxylic acids is 1. The molecule has 0 saturated carbocycles. The maximum absolute atomic E-state index is 12.3. The van der Waals surface area contributed by atoms with Crippen LogP contribution >= 0.6 is 0 Å². The summed E-state index contributed by atoms with van der Waals surface area (Å²) >= 11 is 0. The van der Waals surface area contributed by atoms with Crippen molar-refractivity contribution in [1.82, 2.24) is 4.90 Å². The van der Waals surface area contributed by atoms with E-state index in [1.807, 2.05) is 42.5 Å². The third kappa shape index (κ3) is 4.38. The average molecular weight is 339 g/mol. The molecule has 1 fully saturated rings. The van der Waals surface area contributed by atoms with Gasteiger partial charge in [-0.25, -0.2) is 0 Å². The molecule has 1 saturated heterocycles. The fourth-order valence-corrected chi connectivity index (χ4v) is 3.03. The Hall–Kier alpha value is -2.82. The normalized spacial score (nSPS) is 16.6. The highest BCUT2D eigenvalue weighted by Crippen LogP contribution is 2.22. The standard InChI is InChI=1S/C20H21NO4/c22-19(21-11-10-17(13-21)20(23)24)14-25-18-9-5-4-8-16(18)12-15-6-2-1-3-7-15/h1-9,17H,10-14H2,(H,23,24). The maximum Gasteiger partial charge on any atom is 0.308 e. The molecule has 0 aromatic heterocycles. The van der Waals surface area contributed by atoms with Crippen LogP contribution < -0.4 is 4.74 Å². The van der Waals surface area contributed by atoms with Crippen LogP contribution in [0.1, 0.15) is 17.5 Å². The van der Waals surface area contributed by atoms with E-state index >= 15 is 0 Å². The molecule has 0 radical (unpaired) electrons. The highest BCUT2D eigenvalue weighted by molar-refractivity contribution is 5.80. The summed E-state index contributed by atoms with van der Waals surface area (Å²) in [6, 6.07) is 17.7. The fraction of sp³-hybridized carbons (Fsp3) is 0.300. The molecule has 25 heavy (non-hydrogen) atoms. The van der Waals surface area contributed by atoms with Gasteiger partial charge in [-0.3, -0.25) is 9.59 Å². The molecule has 0 spiro atoms. The summed E-state index contributed by atoms with van der Waals surface area (Å²) in [4.78, 5) is 24.8. The van der Waals surface area contributed by atoms with Gasteiger partial charge in [0.1, 0.15) is 5.75 Å². The third-order valence-corrected chi connectivity index (χ3v) is 4.45. The number of para-hydroxylation sites is 1. The minimum atomic E-state index is -0.843. The van der Waals surface area contributed by atoms with E-state index in [-0.39, 0.29) is 19.1 Å². The number of carboxylic acids is 1. The monoisotopic (exact) mass is 339 g/mol. The lowest BCUT2D eigenvalue weighted by molar-refractivity contribution is -0.141. The molecule has 5 heteroatoms. The molecule has 1 aliphatic rings. The molecule has 0 bridgehead atoms. The first-order chi connectivity index (χ1) is 12.1. The Labute approximate surface area is 146 Å². The van der Waals surface area contributed by atoms with Crippen LogP contribution in [0.5, 0.6) is 5.75 Å². The van der Waals surface area contributed by atoms with Gasteiger partial charge in [0.25, 0.3) is 5.91 Å². The Morgan fingerprint density at radius 3 is 2.52 bits per heavy atom. The minimum Gasteiger partial charge on any atom is -0.483 e. The van der Waals surface area contributed by atoms with E-state index in [1.165, 1.54) is 5.56 Å². The van der Waals surface area contributed by atoms with E-state index < -0.39 is 11.9 Å². The number of benzene rings is 2. The number of hydrogen-bond donors (Lipinski definition) is 1. The molecular formula is C20H21NO4. The number of hydrogen-bond acceptors (Lipinski definition) is 3. The van der Waals surface area contributed by atoms with Crippen molar-refractivity contribution >= 4 is 11.9 Å². The van der Waals surface area contributed by atoms with Crippen molar-refractivity contribution in [1.29, 1.82) is 0 Å². The molecule has 1 atom stereocenters. The number of nitrogens with zero attached hydrogens (tertiary/aromatic N) is 1. The first-order valence-corrected chi connectivity index (χ1v) is 8.38. The summed E-state index contributed by atoms with van der Waals surface area (Å²) in [5.41, 5.74) is 2.19. The molecule has 1 N–H and O–H groups in total. The van der Waals surface area contributed by atoms with Crippen LogP contribution in [0, 0.1) is 5.92 Å². The highest BCUT2D eigenvalue weighted by atomic mass is 16.5. The number of rotatable bonds is 6. The van der Waals surface area contributed by atoms with Gasteiger partial charge in [-0.2, -0.15) is 0 Å². The molecule has 1 unspecified atom stereocenters. The first kappa shape index (κ1) is 17.0. The van der Waals surface area contributed by atoms with E-state index in [0.717, 1.165) is 12.0 Å². The molecule has 1 aliphatic heterocycles. The Balaban J connectivity index is 1.60. The molecule has 2 aromatic carbocycles. The van der Waals surface area contributed by atoms with Crippen molar-refractivity contribution in [2.75, 3.05) is 19.7 Å². The number of carboxylic acid groups (broad SMARTS) is 1. The second-order valence-electron chi connectivity index (χ2n) is 6.22. The van der Waals surface area contributed by atoms with Crippen molar-refractivity contribution < 1.29 is 19.4 Å². The van der Waals surface area contributed by atoms with E-state index in [1.54, 1.807) is 4.90 Å². The van der Waals surface area contributed by atoms with Crippen LogP contribution in [0.4, 0.5) is 0 Å². The molecule has 5 nitrogen and oxygen atoms in total. The number of likely N-dealkylation sites (tertiary alicyclic amines) is 1. The molecule has 3 rings (SSSR count). The van der Waals surface area contributed by atoms with Gasteiger partial charge in [0, 0.05) is 19.5 Å². The van der Waals surface area contributed by atoms with Gasteiger partial charge in [0.2, 0.25) is 0 Å². The maximum atomic E-state index is 12.3. The Morgan fingerprint density at radius 1 is 1.08 bits per heavy atom. The zero-order chi connectivity index (χ0) is 17.6. The number of carbonyl (C=O) groups is 2. The highest BCUT2D eigenvalue weighted by Gasteiger charge is 2.30. The molecule has 0 aliphatic carbocycles. The van der Waals surface area contributed by atoms with Gasteiger partial charge in [0.05, 0.1) is 5.92 Å². The van der Waals surface area contributed by atoms with Crippen molar-refractivity contribution in [3.63, 3.8) is 0 Å². The molecular weight excluding hydrogens is 318 g/mol. The van der Waals surface area contributed by atoms with Crippen molar-refractivity contribution in [2.24, 2.45) is 5.92 Å². The van der Waals surface area contributed by atoms with Crippen molar-refractivity contribution in [3.8, 4) is 5.75 Å². The van der Waals surface area contributed by atoms with E-state index in [4.69, 9.17) is 9.84 Å². The summed E-state index contributed by atoms with van der Waals surface area (Å²) < 4.78 is 5.74. The van der Waals surface area contributed by atoms with Gasteiger partial charge < -0.3 is 14.7 Å². The van der Waals surface area contributed by atoms with Gasteiger partial charge >= 0.3 is 5.97 Å². The number of carbonyl (C=O) groups excluding carboxylic acids is 1. The van der Waals surface area contributed by atoms with Crippen LogP contribution in [-0.4, -0.2) is 41.6 Å². The predicted octanol–water partition coefficient (Wildman–Crippen LogP) is 2.59. The van der Waals surface area contributed by atoms with Gasteiger partial charge in [-0.1, -0.05) is 48.5 Å². The van der Waals surface area contributed by atoms with Gasteiger partial charge in [-0.15, -0.1) is 0 Å². The van der Waals surface area contributed by atoms with E-state index in [2.05, 4.69) is 12.1 Å². The number of amides is 1. The average Bonchev–Trinajstić information content (AvgIpc) is 3.12. The second kappa shape index (κ2) is 7.83. The zero-order valence-corrected chi connectivity index (χ0v) is 13.9. The minimum absolute atomic E-state index is 0.0713. The summed E-state index contributed by atoms with van der Waals surface area (Å²) in [7, 11) is 0. The summed E-state index contributed by atoms with van der Waals surface area (Å²) in [5, 5.41) is 9.03. The Bertz CT molecular complexity index is 744. The van der Waals surface area contributed by atoms with Gasteiger partial charge in [-0.05, 0) is 23.6 Å². The van der Waals surface area contributed by atoms with Gasteiger partial charge in [0.15, 0.2) is 6.61 Å². The topological polar surface area (TPSA) is 66.8 Å². The molecule has 130 valence electrons. The molecule has 1 amide bonds. The molecule has 1 heterocycles. The zero-order valence-electron chi connectivity index (χ0n) is 13.9. The second-order valence-corrected chi connectivity index (χ2v) is 6.22. The first-order valence-electron chi connectivity index (χ1n) is 8.38. The van der Waals surface area contributed by atoms with Crippen LogP contribution in [0.3, 0.4) is 0 Å². The summed E-state index contributed by atoms with van der Waals surface area (Å²) in [5.74, 6) is -0.786. The lowest BCUT2D eigenvalue weighted by Gasteiger charge is -2.17. The lowest BCUT2D eigenvalue weighted by Crippen LogP contribution is -2.33. The largest absolute Gasteiger partial charge is 0.483 e. The van der Waals surface area contributed by atoms with Crippen LogP contribution in [0.2, 0.25) is 0 Å². The summed E-state index contributed by atoms with van der Waals surface area (Å²) in [6.45, 7) is 0.673. The quantitative estimate of drug-likeness (QED) is 0.878. The SMILES string of the molecule is O=C(O)C1CCN(C(=O)COc2ccccc2Cc2ccccc2)C1. The summed E-state index contributed by atoms with van der Waals surface area (Å²) in [6.07, 6.45) is 1.24. The lowest BCUT2D eigenvalue weighted by atomic mass is 10.0. The Morgan fingerprint density at radius 2 is 1.80 bits per heavy atom. The Kier molecular flexibility index (Phi) is 5.33. The van der Waals surface area contributed by atoms with E-state index in [0.29, 0.717) is 18.7 Å². The molecule has 2 aromatic rings. The van der Waals surface area contributed by atoms with Crippen molar-refractivity contribution in [3.05, 3.63) is 65.7 Å². The third-order valence-electron chi connectivity index (χ3n) is 4.45. The van der Waals surface area contributed by atoms with E-state index in [9.17, 15) is 9.59 Å². The van der Waals surface area contributed by atoms with Crippen molar-refractivity contribution in [2.45, 2.75) is 12.8 Å². The number of ether oxygens (including phenoxy) is 1. The van der Waals surface area contributed by atoms with Crippen LogP contribution in [0.25, 0.3) is 0 Å². The predicted molar refractivity (Wildman–Crippen MR) is 93.5 cm³/mol.